The molecule has 2 N–H and O–H groups in total. The number of anilines is 1. The van der Waals surface area contributed by atoms with Gasteiger partial charge in [0.15, 0.2) is 0 Å². The van der Waals surface area contributed by atoms with Crippen molar-refractivity contribution in [3.05, 3.63) is 46.1 Å². The predicted molar refractivity (Wildman–Crippen MR) is 101 cm³/mol. The zero-order valence-corrected chi connectivity index (χ0v) is 15.4. The Morgan fingerprint density at radius 2 is 2.19 bits per heavy atom. The lowest BCUT2D eigenvalue weighted by atomic mass is 10.3. The summed E-state index contributed by atoms with van der Waals surface area (Å²) in [5.74, 6) is 1.55. The van der Waals surface area contributed by atoms with Gasteiger partial charge in [-0.05, 0) is 25.5 Å². The normalized spacial score (nSPS) is 12.6. The molecule has 0 saturated carbocycles. The monoisotopic (exact) mass is 370 g/mol. The molecule has 0 saturated heterocycles. The van der Waals surface area contributed by atoms with E-state index < -0.39 is 0 Å². The Hall–Kier alpha value is -2.94. The van der Waals surface area contributed by atoms with Crippen LogP contribution in [0.25, 0.3) is 16.0 Å². The summed E-state index contributed by atoms with van der Waals surface area (Å²) in [6.45, 7) is 3.95. The maximum atomic E-state index is 12.1. The van der Waals surface area contributed by atoms with E-state index in [0.717, 1.165) is 28.3 Å². The highest BCUT2D eigenvalue weighted by molar-refractivity contribution is 7.20. The van der Waals surface area contributed by atoms with Crippen LogP contribution in [0.15, 0.2) is 29.1 Å². The minimum atomic E-state index is -0.167. The molecule has 0 unspecified atom stereocenters. The van der Waals surface area contributed by atoms with Crippen LogP contribution >= 0.6 is 11.3 Å². The molecule has 4 aromatic rings. The van der Waals surface area contributed by atoms with Crippen molar-refractivity contribution in [2.45, 2.75) is 26.3 Å². The molecule has 134 valence electrons. The van der Waals surface area contributed by atoms with E-state index in [1.54, 1.807) is 7.11 Å². The standard InChI is InChI=1S/C17H18N6O2S/c1-4-10-7-14(24)23-17(19-10)26-16(22-23)18-9(2)15-20-12-6-5-11(25-3)8-13(12)21-15/h5-9H,4H2,1-3H3,(H,18,22)(H,20,21)/t9-/m1/s1. The quantitative estimate of drug-likeness (QED) is 0.561. The first-order chi connectivity index (χ1) is 12.6. The summed E-state index contributed by atoms with van der Waals surface area (Å²) in [6, 6.07) is 7.10. The smallest absolute Gasteiger partial charge is 0.275 e. The van der Waals surface area contributed by atoms with E-state index in [-0.39, 0.29) is 11.6 Å². The lowest BCUT2D eigenvalue weighted by Crippen LogP contribution is -2.15. The maximum Gasteiger partial charge on any atom is 0.275 e. The molecular weight excluding hydrogens is 352 g/mol. The molecule has 0 bridgehead atoms. The van der Waals surface area contributed by atoms with Crippen LogP contribution in [0.3, 0.4) is 0 Å². The number of hydrogen-bond acceptors (Lipinski definition) is 7. The Balaban J connectivity index is 1.63. The summed E-state index contributed by atoms with van der Waals surface area (Å²) in [7, 11) is 1.63. The fourth-order valence-corrected chi connectivity index (χ4v) is 3.60. The number of aromatic amines is 1. The van der Waals surface area contributed by atoms with Gasteiger partial charge in [0.25, 0.3) is 5.56 Å². The van der Waals surface area contributed by atoms with Crippen LogP contribution in [0.5, 0.6) is 5.75 Å². The molecule has 1 aromatic carbocycles. The number of aromatic nitrogens is 5. The van der Waals surface area contributed by atoms with Crippen LogP contribution < -0.4 is 15.6 Å². The van der Waals surface area contributed by atoms with Gasteiger partial charge >= 0.3 is 0 Å². The van der Waals surface area contributed by atoms with Gasteiger partial charge in [-0.25, -0.2) is 9.97 Å². The van der Waals surface area contributed by atoms with Gasteiger partial charge in [0.1, 0.15) is 11.6 Å². The highest BCUT2D eigenvalue weighted by Gasteiger charge is 2.15. The van der Waals surface area contributed by atoms with E-state index >= 15 is 0 Å². The number of H-pyrrole nitrogens is 1. The molecule has 0 aliphatic heterocycles. The lowest BCUT2D eigenvalue weighted by molar-refractivity contribution is 0.415. The molecule has 3 heterocycles. The summed E-state index contributed by atoms with van der Waals surface area (Å²) in [5.41, 5.74) is 2.37. The summed E-state index contributed by atoms with van der Waals surface area (Å²) in [6.07, 6.45) is 0.714. The third-order valence-electron chi connectivity index (χ3n) is 4.12. The van der Waals surface area contributed by atoms with Crippen molar-refractivity contribution >= 4 is 32.5 Å². The van der Waals surface area contributed by atoms with Gasteiger partial charge in [-0.1, -0.05) is 18.3 Å². The van der Waals surface area contributed by atoms with Crippen LogP contribution in [0.2, 0.25) is 0 Å². The van der Waals surface area contributed by atoms with Crippen LogP contribution in [-0.4, -0.2) is 31.7 Å². The number of ether oxygens (including phenoxy) is 1. The van der Waals surface area contributed by atoms with E-state index in [9.17, 15) is 4.79 Å². The predicted octanol–water partition coefficient (Wildman–Crippen LogP) is 2.77. The van der Waals surface area contributed by atoms with Crippen molar-refractivity contribution in [3.8, 4) is 5.75 Å². The highest BCUT2D eigenvalue weighted by atomic mass is 32.1. The number of fused-ring (bicyclic) bond motifs is 2. The van der Waals surface area contributed by atoms with Crippen LogP contribution in [-0.2, 0) is 6.42 Å². The van der Waals surface area contributed by atoms with Crippen molar-refractivity contribution in [3.63, 3.8) is 0 Å². The van der Waals surface area contributed by atoms with Gasteiger partial charge in [-0.2, -0.15) is 4.52 Å². The van der Waals surface area contributed by atoms with Gasteiger partial charge in [0.05, 0.1) is 24.2 Å². The van der Waals surface area contributed by atoms with E-state index in [0.29, 0.717) is 16.5 Å². The Morgan fingerprint density at radius 1 is 1.35 bits per heavy atom. The Bertz CT molecular complexity index is 1150. The largest absolute Gasteiger partial charge is 0.497 e. The first-order valence-corrected chi connectivity index (χ1v) is 9.09. The fourth-order valence-electron chi connectivity index (χ4n) is 2.69. The Labute approximate surface area is 152 Å². The number of rotatable bonds is 5. The van der Waals surface area contributed by atoms with Crippen LogP contribution in [0, 0.1) is 0 Å². The van der Waals surface area contributed by atoms with Crippen LogP contribution in [0.1, 0.15) is 31.4 Å². The van der Waals surface area contributed by atoms with E-state index in [1.807, 2.05) is 32.0 Å². The molecule has 9 heteroatoms. The molecule has 1 atom stereocenters. The van der Waals surface area contributed by atoms with Gasteiger partial charge in [-0.3, -0.25) is 4.79 Å². The van der Waals surface area contributed by atoms with Crippen molar-refractivity contribution in [1.82, 2.24) is 24.6 Å². The van der Waals surface area contributed by atoms with Gasteiger partial charge in [-0.15, -0.1) is 5.10 Å². The average Bonchev–Trinajstić information content (AvgIpc) is 3.24. The van der Waals surface area contributed by atoms with Crippen molar-refractivity contribution < 1.29 is 4.74 Å². The van der Waals surface area contributed by atoms with E-state index in [1.165, 1.54) is 21.9 Å². The lowest BCUT2D eigenvalue weighted by Gasteiger charge is -2.08. The summed E-state index contributed by atoms with van der Waals surface area (Å²) in [5, 5.41) is 8.23. The highest BCUT2D eigenvalue weighted by Crippen LogP contribution is 2.25. The molecule has 0 aliphatic rings. The molecule has 0 aliphatic carbocycles. The molecule has 3 aromatic heterocycles. The third kappa shape index (κ3) is 2.90. The summed E-state index contributed by atoms with van der Waals surface area (Å²) < 4.78 is 6.56. The van der Waals surface area contributed by atoms with Gasteiger partial charge in [0, 0.05) is 17.8 Å². The van der Waals surface area contributed by atoms with E-state index in [2.05, 4.69) is 25.4 Å². The Kier molecular flexibility index (Phi) is 4.08. The Morgan fingerprint density at radius 3 is 2.96 bits per heavy atom. The van der Waals surface area contributed by atoms with Gasteiger partial charge in [0.2, 0.25) is 10.1 Å². The molecule has 8 nitrogen and oxygen atoms in total. The number of nitrogens with one attached hydrogen (secondary N) is 2. The molecule has 4 rings (SSSR count). The van der Waals surface area contributed by atoms with Crippen molar-refractivity contribution in [2.75, 3.05) is 12.4 Å². The second kappa shape index (κ2) is 6.41. The number of nitrogens with zero attached hydrogens (tertiary/aromatic N) is 4. The topological polar surface area (TPSA) is 97.2 Å². The fraction of sp³-hybridized carbons (Fsp3) is 0.294. The van der Waals surface area contributed by atoms with Crippen molar-refractivity contribution in [1.29, 1.82) is 0 Å². The zero-order chi connectivity index (χ0) is 18.3. The zero-order valence-electron chi connectivity index (χ0n) is 14.6. The van der Waals surface area contributed by atoms with Crippen LogP contribution in [0.4, 0.5) is 5.13 Å². The van der Waals surface area contributed by atoms with Crippen molar-refractivity contribution in [2.24, 2.45) is 0 Å². The molecular formula is C17H18N6O2S. The summed E-state index contributed by atoms with van der Waals surface area (Å²) >= 11 is 1.34. The number of hydrogen-bond donors (Lipinski definition) is 2. The number of benzene rings is 1. The molecule has 26 heavy (non-hydrogen) atoms. The molecule has 0 amide bonds. The molecule has 0 radical (unpaired) electrons. The average molecular weight is 370 g/mol. The SMILES string of the molecule is CCc1cc(=O)n2nc(N[C@H](C)c3nc4ccc(OC)cc4[nH]3)sc2n1. The first-order valence-electron chi connectivity index (χ1n) is 8.27. The molecule has 0 fully saturated rings. The first kappa shape index (κ1) is 16.5. The van der Waals surface area contributed by atoms with E-state index in [4.69, 9.17) is 4.74 Å². The minimum absolute atomic E-state index is 0.115. The molecule has 0 spiro atoms. The van der Waals surface area contributed by atoms with Gasteiger partial charge < -0.3 is 15.0 Å². The number of imidazole rings is 1. The second-order valence-electron chi connectivity index (χ2n) is 5.91. The number of methoxy groups -OCH3 is 1. The maximum absolute atomic E-state index is 12.1. The minimum Gasteiger partial charge on any atom is -0.497 e. The third-order valence-corrected chi connectivity index (χ3v) is 4.96. The second-order valence-corrected chi connectivity index (χ2v) is 6.87. The number of aryl methyl sites for hydroxylation is 1. The summed E-state index contributed by atoms with van der Waals surface area (Å²) in [4.78, 5) is 25.0.